The lowest BCUT2D eigenvalue weighted by molar-refractivity contribution is 0.0734. The third kappa shape index (κ3) is 3.40. The topological polar surface area (TPSA) is 66.8 Å². The van der Waals surface area contributed by atoms with Gasteiger partial charge >= 0.3 is 5.97 Å². The maximum Gasteiger partial charge on any atom is 0.343 e. The number of rotatable bonds is 4. The Hall–Kier alpha value is -2.17. The van der Waals surface area contributed by atoms with Crippen molar-refractivity contribution in [1.82, 2.24) is 0 Å². The Morgan fingerprint density at radius 1 is 0.842 bits per heavy atom. The highest BCUT2D eigenvalue weighted by atomic mass is 16.5. The van der Waals surface area contributed by atoms with Crippen molar-refractivity contribution in [2.24, 2.45) is 0 Å². The Bertz CT molecular complexity index is 543. The molecule has 4 heteroatoms. The van der Waals surface area contributed by atoms with Crippen LogP contribution in [0.3, 0.4) is 0 Å². The van der Waals surface area contributed by atoms with Gasteiger partial charge in [0.2, 0.25) is 0 Å². The number of carbonyl (C=O) groups excluding carboxylic acids is 1. The third-order valence-electron chi connectivity index (χ3n) is 2.69. The highest BCUT2D eigenvalue weighted by molar-refractivity contribution is 5.91. The lowest BCUT2D eigenvalue weighted by atomic mass is 10.1. The second-order valence-corrected chi connectivity index (χ2v) is 4.05. The molecule has 2 N–H and O–H groups in total. The molecule has 0 bridgehead atoms. The number of hydrogen-bond acceptors (Lipinski definition) is 4. The fraction of sp³-hybridized carbons (Fsp3) is 0.133. The molecule has 0 atom stereocenters. The van der Waals surface area contributed by atoms with E-state index < -0.39 is 5.97 Å². The zero-order chi connectivity index (χ0) is 13.7. The molecule has 0 aliphatic heterocycles. The van der Waals surface area contributed by atoms with E-state index in [1.54, 1.807) is 48.5 Å². The number of ether oxygens (including phenoxy) is 1. The van der Waals surface area contributed by atoms with Crippen LogP contribution in [0.25, 0.3) is 0 Å². The molecule has 4 nitrogen and oxygen atoms in total. The summed E-state index contributed by atoms with van der Waals surface area (Å²) < 4.78 is 5.19. The molecule has 0 spiro atoms. The molecule has 2 aromatic rings. The van der Waals surface area contributed by atoms with E-state index in [-0.39, 0.29) is 13.2 Å². The fourth-order valence-electron chi connectivity index (χ4n) is 1.58. The predicted molar refractivity (Wildman–Crippen MR) is 69.7 cm³/mol. The van der Waals surface area contributed by atoms with E-state index in [1.807, 2.05) is 0 Å². The van der Waals surface area contributed by atoms with Crippen LogP contribution in [0, 0.1) is 0 Å². The highest BCUT2D eigenvalue weighted by Crippen LogP contribution is 2.14. The fourth-order valence-corrected chi connectivity index (χ4v) is 1.58. The second kappa shape index (κ2) is 6.13. The van der Waals surface area contributed by atoms with Gasteiger partial charge in [-0.05, 0) is 35.4 Å². The van der Waals surface area contributed by atoms with Crippen molar-refractivity contribution < 1.29 is 19.7 Å². The van der Waals surface area contributed by atoms with Crippen LogP contribution in [0.15, 0.2) is 48.5 Å². The zero-order valence-corrected chi connectivity index (χ0v) is 10.2. The van der Waals surface area contributed by atoms with Gasteiger partial charge in [-0.15, -0.1) is 0 Å². The van der Waals surface area contributed by atoms with Crippen LogP contribution in [-0.4, -0.2) is 16.2 Å². The molecule has 0 aromatic heterocycles. The summed E-state index contributed by atoms with van der Waals surface area (Å²) in [5.74, 6) is -0.0327. The summed E-state index contributed by atoms with van der Waals surface area (Å²) in [5.41, 5.74) is 1.92. The first kappa shape index (κ1) is 13.3. The highest BCUT2D eigenvalue weighted by Gasteiger charge is 2.08. The maximum atomic E-state index is 11.8. The predicted octanol–water partition coefficient (Wildman–Crippen LogP) is 1.89. The molecule has 0 heterocycles. The van der Waals surface area contributed by atoms with Crippen LogP contribution in [0.4, 0.5) is 0 Å². The van der Waals surface area contributed by atoms with Crippen molar-refractivity contribution in [3.8, 4) is 5.75 Å². The molecule has 0 aliphatic carbocycles. The van der Waals surface area contributed by atoms with Gasteiger partial charge in [-0.1, -0.05) is 24.3 Å². The minimum absolute atomic E-state index is 0.0448. The lowest BCUT2D eigenvalue weighted by Crippen LogP contribution is -2.08. The quantitative estimate of drug-likeness (QED) is 0.649. The van der Waals surface area contributed by atoms with Gasteiger partial charge in [0.1, 0.15) is 5.75 Å². The second-order valence-electron chi connectivity index (χ2n) is 4.05. The summed E-state index contributed by atoms with van der Waals surface area (Å²) >= 11 is 0. The molecule has 2 aromatic carbocycles. The van der Waals surface area contributed by atoms with E-state index in [9.17, 15) is 4.79 Å². The van der Waals surface area contributed by atoms with Gasteiger partial charge < -0.3 is 14.9 Å². The van der Waals surface area contributed by atoms with Crippen molar-refractivity contribution in [2.75, 3.05) is 0 Å². The number of hydrogen-bond donors (Lipinski definition) is 2. The first-order valence-electron chi connectivity index (χ1n) is 5.84. The molecule has 0 radical (unpaired) electrons. The van der Waals surface area contributed by atoms with E-state index in [0.29, 0.717) is 11.3 Å². The largest absolute Gasteiger partial charge is 0.423 e. The first-order valence-corrected chi connectivity index (χ1v) is 5.84. The summed E-state index contributed by atoms with van der Waals surface area (Å²) in [6, 6.07) is 13.2. The van der Waals surface area contributed by atoms with Crippen LogP contribution >= 0.6 is 0 Å². The number of esters is 1. The van der Waals surface area contributed by atoms with Crippen molar-refractivity contribution in [3.63, 3.8) is 0 Å². The third-order valence-corrected chi connectivity index (χ3v) is 2.69. The molecule has 98 valence electrons. The van der Waals surface area contributed by atoms with Gasteiger partial charge in [-0.25, -0.2) is 4.79 Å². The number of aliphatic hydroxyl groups excluding tert-OH is 2. The van der Waals surface area contributed by atoms with Gasteiger partial charge in [-0.3, -0.25) is 0 Å². The zero-order valence-electron chi connectivity index (χ0n) is 10.2. The minimum Gasteiger partial charge on any atom is -0.423 e. The standard InChI is InChI=1S/C15H14O4/c16-9-11-1-5-13(6-2-11)15(18)19-14-7-3-12(10-17)4-8-14/h1-8,16-17H,9-10H2. The van der Waals surface area contributed by atoms with E-state index in [0.717, 1.165) is 11.1 Å². The summed E-state index contributed by atoms with van der Waals surface area (Å²) in [5, 5.41) is 17.8. The van der Waals surface area contributed by atoms with Gasteiger partial charge in [0, 0.05) is 0 Å². The van der Waals surface area contributed by atoms with Gasteiger partial charge in [0.15, 0.2) is 0 Å². The molecule has 0 saturated carbocycles. The molecule has 2 rings (SSSR count). The van der Waals surface area contributed by atoms with E-state index in [1.165, 1.54) is 0 Å². The minimum atomic E-state index is -0.457. The monoisotopic (exact) mass is 258 g/mol. The summed E-state index contributed by atoms with van der Waals surface area (Å²) in [7, 11) is 0. The van der Waals surface area contributed by atoms with Crippen LogP contribution < -0.4 is 4.74 Å². The van der Waals surface area contributed by atoms with Crippen molar-refractivity contribution in [3.05, 3.63) is 65.2 Å². The molecule has 19 heavy (non-hydrogen) atoms. The molecule has 0 amide bonds. The Kier molecular flexibility index (Phi) is 4.28. The average Bonchev–Trinajstić information content (AvgIpc) is 2.48. The lowest BCUT2D eigenvalue weighted by Gasteiger charge is -2.05. The number of benzene rings is 2. The molecule has 0 fully saturated rings. The molecule has 0 saturated heterocycles. The van der Waals surface area contributed by atoms with Crippen molar-refractivity contribution in [2.45, 2.75) is 13.2 Å². The average molecular weight is 258 g/mol. The van der Waals surface area contributed by atoms with E-state index in [2.05, 4.69) is 0 Å². The summed E-state index contributed by atoms with van der Waals surface area (Å²) in [6.07, 6.45) is 0. The Morgan fingerprint density at radius 2 is 1.32 bits per heavy atom. The van der Waals surface area contributed by atoms with Crippen LogP contribution in [0.1, 0.15) is 21.5 Å². The molecule has 0 aliphatic rings. The van der Waals surface area contributed by atoms with Crippen LogP contribution in [-0.2, 0) is 13.2 Å². The Balaban J connectivity index is 2.06. The Labute approximate surface area is 110 Å². The van der Waals surface area contributed by atoms with Gasteiger partial charge in [0.05, 0.1) is 18.8 Å². The number of carbonyl (C=O) groups is 1. The molecular weight excluding hydrogens is 244 g/mol. The molecule has 0 unspecified atom stereocenters. The van der Waals surface area contributed by atoms with Crippen LogP contribution in [0.5, 0.6) is 5.75 Å². The van der Waals surface area contributed by atoms with Crippen molar-refractivity contribution in [1.29, 1.82) is 0 Å². The Morgan fingerprint density at radius 3 is 1.79 bits per heavy atom. The van der Waals surface area contributed by atoms with Crippen molar-refractivity contribution >= 4 is 5.97 Å². The first-order chi connectivity index (χ1) is 9.22. The summed E-state index contributed by atoms with van der Waals surface area (Å²) in [4.78, 5) is 11.8. The number of aliphatic hydroxyl groups is 2. The van der Waals surface area contributed by atoms with Crippen LogP contribution in [0.2, 0.25) is 0 Å². The summed E-state index contributed by atoms with van der Waals surface area (Å²) in [6.45, 7) is -0.102. The van der Waals surface area contributed by atoms with E-state index in [4.69, 9.17) is 14.9 Å². The van der Waals surface area contributed by atoms with E-state index >= 15 is 0 Å². The van der Waals surface area contributed by atoms with Gasteiger partial charge in [0.25, 0.3) is 0 Å². The maximum absolute atomic E-state index is 11.8. The smallest absolute Gasteiger partial charge is 0.343 e. The SMILES string of the molecule is O=C(Oc1ccc(CO)cc1)c1ccc(CO)cc1. The molecular formula is C15H14O4. The normalized spacial score (nSPS) is 10.2. The van der Waals surface area contributed by atoms with Gasteiger partial charge in [-0.2, -0.15) is 0 Å².